The van der Waals surface area contributed by atoms with Crippen LogP contribution in [-0.2, 0) is 13.0 Å². The zero-order valence-electron chi connectivity index (χ0n) is 12.0. The van der Waals surface area contributed by atoms with Crippen LogP contribution in [0.5, 0.6) is 0 Å². The molecule has 0 amide bonds. The van der Waals surface area contributed by atoms with Crippen LogP contribution < -0.4 is 4.90 Å². The molecule has 2 nitrogen and oxygen atoms in total. The SMILES string of the molecule is C=C1c2cc(CC)ccc2CN1c1ccc2scnc2c1. The molecule has 1 aliphatic rings. The van der Waals surface area contributed by atoms with Crippen LogP contribution in [0, 0.1) is 0 Å². The Morgan fingerprint density at radius 1 is 1.24 bits per heavy atom. The number of rotatable bonds is 2. The molecule has 3 aromatic rings. The lowest BCUT2D eigenvalue weighted by Crippen LogP contribution is -2.12. The topological polar surface area (TPSA) is 16.1 Å². The van der Waals surface area contributed by atoms with Crippen LogP contribution in [0.1, 0.15) is 23.6 Å². The molecule has 0 unspecified atom stereocenters. The smallest absolute Gasteiger partial charge is 0.0832 e. The van der Waals surface area contributed by atoms with E-state index < -0.39 is 0 Å². The third kappa shape index (κ3) is 1.96. The van der Waals surface area contributed by atoms with Gasteiger partial charge in [-0.25, -0.2) is 4.98 Å². The lowest BCUT2D eigenvalue weighted by molar-refractivity contribution is 1.04. The third-order valence-electron chi connectivity index (χ3n) is 4.17. The van der Waals surface area contributed by atoms with E-state index in [2.05, 4.69) is 59.8 Å². The zero-order valence-corrected chi connectivity index (χ0v) is 12.8. The molecule has 0 fully saturated rings. The van der Waals surface area contributed by atoms with Crippen molar-refractivity contribution in [2.24, 2.45) is 0 Å². The summed E-state index contributed by atoms with van der Waals surface area (Å²) in [4.78, 5) is 6.70. The summed E-state index contributed by atoms with van der Waals surface area (Å²) in [5, 5.41) is 0. The number of thiazole rings is 1. The van der Waals surface area contributed by atoms with Crippen LogP contribution >= 0.6 is 11.3 Å². The van der Waals surface area contributed by atoms with Crippen molar-refractivity contribution < 1.29 is 0 Å². The maximum atomic E-state index is 4.41. The number of aryl methyl sites for hydroxylation is 1. The standard InChI is InChI=1S/C18H16N2S/c1-3-13-4-5-14-10-20(12(2)16(14)8-13)15-6-7-18-17(9-15)19-11-21-18/h4-9,11H,2-3,10H2,1H3. The molecule has 0 saturated heterocycles. The van der Waals surface area contributed by atoms with Gasteiger partial charge in [-0.1, -0.05) is 25.6 Å². The number of aromatic nitrogens is 1. The minimum Gasteiger partial charge on any atom is -0.337 e. The van der Waals surface area contributed by atoms with Gasteiger partial charge < -0.3 is 4.90 Å². The maximum Gasteiger partial charge on any atom is 0.0832 e. The summed E-state index contributed by atoms with van der Waals surface area (Å²) in [6, 6.07) is 13.2. The quantitative estimate of drug-likeness (QED) is 0.671. The van der Waals surface area contributed by atoms with Gasteiger partial charge in [-0.05, 0) is 41.8 Å². The largest absolute Gasteiger partial charge is 0.337 e. The minimum atomic E-state index is 0.897. The van der Waals surface area contributed by atoms with E-state index in [-0.39, 0.29) is 0 Å². The molecule has 0 N–H and O–H groups in total. The molecule has 21 heavy (non-hydrogen) atoms. The highest BCUT2D eigenvalue weighted by molar-refractivity contribution is 7.16. The van der Waals surface area contributed by atoms with Gasteiger partial charge in [0.2, 0.25) is 0 Å². The van der Waals surface area contributed by atoms with Gasteiger partial charge in [0.05, 0.1) is 15.7 Å². The first-order valence-corrected chi connectivity index (χ1v) is 8.06. The number of hydrogen-bond acceptors (Lipinski definition) is 3. The molecule has 0 saturated carbocycles. The van der Waals surface area contributed by atoms with E-state index >= 15 is 0 Å². The van der Waals surface area contributed by atoms with Crippen molar-refractivity contribution in [1.82, 2.24) is 4.98 Å². The van der Waals surface area contributed by atoms with Crippen molar-refractivity contribution in [2.45, 2.75) is 19.9 Å². The van der Waals surface area contributed by atoms with Crippen molar-refractivity contribution in [2.75, 3.05) is 4.90 Å². The number of fused-ring (bicyclic) bond motifs is 2. The zero-order chi connectivity index (χ0) is 14.4. The predicted octanol–water partition coefficient (Wildman–Crippen LogP) is 4.85. The van der Waals surface area contributed by atoms with Crippen molar-refractivity contribution in [3.8, 4) is 0 Å². The highest BCUT2D eigenvalue weighted by Crippen LogP contribution is 2.37. The minimum absolute atomic E-state index is 0.897. The fourth-order valence-corrected chi connectivity index (χ4v) is 3.58. The maximum absolute atomic E-state index is 4.41. The lowest BCUT2D eigenvalue weighted by atomic mass is 10.0. The molecular formula is C18H16N2S. The van der Waals surface area contributed by atoms with Gasteiger partial charge in [-0.3, -0.25) is 0 Å². The van der Waals surface area contributed by atoms with Gasteiger partial charge in [0.1, 0.15) is 0 Å². The van der Waals surface area contributed by atoms with Crippen LogP contribution in [0.2, 0.25) is 0 Å². The first kappa shape index (κ1) is 12.6. The molecule has 2 heterocycles. The molecule has 0 radical (unpaired) electrons. The first-order valence-electron chi connectivity index (χ1n) is 7.18. The van der Waals surface area contributed by atoms with Crippen LogP contribution in [-0.4, -0.2) is 4.98 Å². The second kappa shape index (κ2) is 4.71. The number of benzene rings is 2. The Hall–Kier alpha value is -2.13. The molecule has 0 aliphatic carbocycles. The Kier molecular flexibility index (Phi) is 2.82. The van der Waals surface area contributed by atoms with E-state index in [4.69, 9.17) is 0 Å². The normalized spacial score (nSPS) is 14.0. The van der Waals surface area contributed by atoms with E-state index in [0.717, 1.165) is 24.2 Å². The van der Waals surface area contributed by atoms with E-state index in [1.54, 1.807) is 11.3 Å². The third-order valence-corrected chi connectivity index (χ3v) is 4.98. The second-order valence-electron chi connectivity index (χ2n) is 5.38. The van der Waals surface area contributed by atoms with Crippen molar-refractivity contribution in [3.63, 3.8) is 0 Å². The molecular weight excluding hydrogens is 276 g/mol. The Bertz CT molecular complexity index is 847. The average molecular weight is 292 g/mol. The molecule has 104 valence electrons. The lowest BCUT2D eigenvalue weighted by Gasteiger charge is -2.19. The summed E-state index contributed by atoms with van der Waals surface area (Å²) in [5.74, 6) is 0. The average Bonchev–Trinajstić information content (AvgIpc) is 3.11. The summed E-state index contributed by atoms with van der Waals surface area (Å²) in [6.07, 6.45) is 1.06. The number of nitrogens with zero attached hydrogens (tertiary/aromatic N) is 2. The molecule has 0 spiro atoms. The van der Waals surface area contributed by atoms with Gasteiger partial charge in [-0.2, -0.15) is 0 Å². The van der Waals surface area contributed by atoms with Gasteiger partial charge >= 0.3 is 0 Å². The Labute approximate surface area is 128 Å². The van der Waals surface area contributed by atoms with Crippen molar-refractivity contribution >= 4 is 32.9 Å². The predicted molar refractivity (Wildman–Crippen MR) is 90.7 cm³/mol. The number of anilines is 1. The molecule has 1 aliphatic heterocycles. The second-order valence-corrected chi connectivity index (χ2v) is 6.27. The first-order chi connectivity index (χ1) is 10.3. The van der Waals surface area contributed by atoms with Crippen LogP contribution in [0.3, 0.4) is 0 Å². The Morgan fingerprint density at radius 3 is 3.00 bits per heavy atom. The van der Waals surface area contributed by atoms with E-state index in [1.807, 2.05) is 5.51 Å². The van der Waals surface area contributed by atoms with E-state index in [0.29, 0.717) is 0 Å². The Balaban J connectivity index is 1.75. The van der Waals surface area contributed by atoms with Crippen molar-refractivity contribution in [1.29, 1.82) is 0 Å². The molecule has 2 aromatic carbocycles. The molecule has 1 aromatic heterocycles. The van der Waals surface area contributed by atoms with E-state index in [1.165, 1.54) is 27.1 Å². The van der Waals surface area contributed by atoms with Crippen LogP contribution in [0.25, 0.3) is 15.9 Å². The summed E-state index contributed by atoms with van der Waals surface area (Å²) in [5.41, 5.74) is 9.24. The molecule has 3 heteroatoms. The summed E-state index contributed by atoms with van der Waals surface area (Å²) in [7, 11) is 0. The van der Waals surface area contributed by atoms with Gasteiger partial charge in [0.25, 0.3) is 0 Å². The highest BCUT2D eigenvalue weighted by Gasteiger charge is 2.23. The highest BCUT2D eigenvalue weighted by atomic mass is 32.1. The molecule has 0 atom stereocenters. The van der Waals surface area contributed by atoms with Gasteiger partial charge in [0.15, 0.2) is 0 Å². The van der Waals surface area contributed by atoms with Crippen LogP contribution in [0.4, 0.5) is 5.69 Å². The fraction of sp³-hybridized carbons (Fsp3) is 0.167. The summed E-state index contributed by atoms with van der Waals surface area (Å²) in [6.45, 7) is 7.39. The summed E-state index contributed by atoms with van der Waals surface area (Å²) >= 11 is 1.68. The van der Waals surface area contributed by atoms with Crippen LogP contribution in [0.15, 0.2) is 48.5 Å². The fourth-order valence-electron chi connectivity index (χ4n) is 2.92. The van der Waals surface area contributed by atoms with Gasteiger partial charge in [0, 0.05) is 23.5 Å². The summed E-state index contributed by atoms with van der Waals surface area (Å²) < 4.78 is 1.23. The van der Waals surface area contributed by atoms with Crippen molar-refractivity contribution in [3.05, 3.63) is 65.2 Å². The number of hydrogen-bond donors (Lipinski definition) is 0. The van der Waals surface area contributed by atoms with Gasteiger partial charge in [-0.15, -0.1) is 11.3 Å². The molecule has 4 rings (SSSR count). The Morgan fingerprint density at radius 2 is 2.14 bits per heavy atom. The molecule has 0 bridgehead atoms. The van der Waals surface area contributed by atoms with E-state index in [9.17, 15) is 0 Å². The monoisotopic (exact) mass is 292 g/mol.